The summed E-state index contributed by atoms with van der Waals surface area (Å²) < 4.78 is 6.23. The zero-order chi connectivity index (χ0) is 32.6. The van der Waals surface area contributed by atoms with Crippen LogP contribution in [0.1, 0.15) is 17.9 Å². The Morgan fingerprint density at radius 2 is 1.24 bits per heavy atom. The van der Waals surface area contributed by atoms with E-state index in [0.29, 0.717) is 23.4 Å². The fourth-order valence-corrected chi connectivity index (χ4v) is 6.51. The van der Waals surface area contributed by atoms with E-state index in [1.807, 2.05) is 66.7 Å². The van der Waals surface area contributed by atoms with Gasteiger partial charge in [-0.05, 0) is 47.4 Å². The Morgan fingerprint density at radius 3 is 2.00 bits per heavy atom. The van der Waals surface area contributed by atoms with Crippen LogP contribution in [0.5, 0.6) is 0 Å². The molecule has 0 amide bonds. The van der Waals surface area contributed by atoms with Gasteiger partial charge in [0, 0.05) is 27.8 Å². The molecule has 0 saturated heterocycles. The van der Waals surface area contributed by atoms with Crippen LogP contribution < -0.4 is 0 Å². The van der Waals surface area contributed by atoms with E-state index in [2.05, 4.69) is 103 Å². The molecular weight excluding hydrogens is 837 g/mol. The fourth-order valence-electron chi connectivity index (χ4n) is 6.51. The number of benzene rings is 6. The first-order valence-electron chi connectivity index (χ1n) is 16.5. The predicted molar refractivity (Wildman–Crippen MR) is 198 cm³/mol. The number of furan rings is 1. The maximum Gasteiger partial charge on any atom is 2.00 e. The number of para-hydroxylation sites is 1. The van der Waals surface area contributed by atoms with Crippen LogP contribution in [0.3, 0.4) is 0 Å². The second-order valence-corrected chi connectivity index (χ2v) is 12.2. The minimum Gasteiger partial charge on any atom is -0.456 e. The Labute approximate surface area is 314 Å². The van der Waals surface area contributed by atoms with Gasteiger partial charge in [-0.15, -0.1) is 18.2 Å². The molecule has 2 heterocycles. The van der Waals surface area contributed by atoms with Crippen molar-refractivity contribution in [1.82, 2.24) is 15.0 Å². The average molecular weight is 866 g/mol. The summed E-state index contributed by atoms with van der Waals surface area (Å²) in [4.78, 5) is 15.1. The molecular formula is C45H29N3OU. The van der Waals surface area contributed by atoms with Crippen molar-refractivity contribution < 1.29 is 35.5 Å². The molecule has 9 rings (SSSR count). The van der Waals surface area contributed by atoms with Gasteiger partial charge in [0.05, 0.1) is 0 Å². The molecule has 4 nitrogen and oxygen atoms in total. The van der Waals surface area contributed by atoms with Gasteiger partial charge in [0.1, 0.15) is 17.0 Å². The van der Waals surface area contributed by atoms with Crippen molar-refractivity contribution in [2.45, 2.75) is 12.3 Å². The third-order valence-electron chi connectivity index (χ3n) is 9.12. The monoisotopic (exact) mass is 865 g/mol. The molecule has 0 N–H and O–H groups in total. The Morgan fingerprint density at radius 1 is 0.540 bits per heavy atom. The van der Waals surface area contributed by atoms with E-state index >= 15 is 0 Å². The van der Waals surface area contributed by atoms with Gasteiger partial charge in [-0.1, -0.05) is 96.6 Å². The maximum absolute atomic E-state index is 6.23. The van der Waals surface area contributed by atoms with Crippen molar-refractivity contribution in [3.8, 4) is 56.4 Å². The summed E-state index contributed by atoms with van der Waals surface area (Å²) in [7, 11) is 0. The van der Waals surface area contributed by atoms with Gasteiger partial charge in [-0.25, -0.2) is 26.1 Å². The van der Waals surface area contributed by atoms with Crippen molar-refractivity contribution in [3.63, 3.8) is 0 Å². The second-order valence-electron chi connectivity index (χ2n) is 12.2. The standard InChI is InChI=1S/C45H29N3O.U/c1-3-10-30(11-4-1)32-18-20-34(21-19-32)36-14-9-15-37(28-36)44-46-43(35-24-22-33(23-25-35)31-12-5-2-6-13-31)47-45(48-44)38-26-27-40-39-16-7-8-17-41(39)49-42(40)29-38;/h1-10,12,14-22,24-30H,11H2;/q-2;+2. The number of allylic oxidation sites excluding steroid dienone is 4. The Bertz CT molecular complexity index is 2520. The van der Waals surface area contributed by atoms with Gasteiger partial charge < -0.3 is 4.42 Å². The molecule has 1 unspecified atom stereocenters. The fraction of sp³-hybridized carbons (Fsp3) is 0.0444. The van der Waals surface area contributed by atoms with Gasteiger partial charge >= 0.3 is 31.1 Å². The molecule has 0 aliphatic heterocycles. The summed E-state index contributed by atoms with van der Waals surface area (Å²) in [5, 5.41) is 2.15. The van der Waals surface area contributed by atoms with Crippen molar-refractivity contribution in [2.75, 3.05) is 0 Å². The SMILES string of the molecule is [U+2].[c-]1ccccc1-c1[c-]cc(-c2nc(-c3cccc(-c4ccc(C5C=CC=CC5)cc4)c3)nc(-c3ccc4c(c3)oc3ccccc34)n2)cc1. The van der Waals surface area contributed by atoms with Crippen molar-refractivity contribution in [3.05, 3.63) is 175 Å². The van der Waals surface area contributed by atoms with Crippen LogP contribution in [0.25, 0.3) is 78.4 Å². The molecule has 8 aromatic rings. The first kappa shape index (κ1) is 31.9. The van der Waals surface area contributed by atoms with E-state index in [1.165, 1.54) is 5.56 Å². The molecule has 0 fully saturated rings. The number of fused-ring (bicyclic) bond motifs is 3. The molecule has 1 aliphatic rings. The Balaban J connectivity index is 0.00000361. The zero-order valence-electron chi connectivity index (χ0n) is 27.0. The molecule has 0 saturated carbocycles. The van der Waals surface area contributed by atoms with Crippen LogP contribution in [0.2, 0.25) is 0 Å². The molecule has 6 aromatic carbocycles. The van der Waals surface area contributed by atoms with Crippen LogP contribution >= 0.6 is 0 Å². The van der Waals surface area contributed by atoms with E-state index in [4.69, 9.17) is 19.4 Å². The van der Waals surface area contributed by atoms with E-state index in [9.17, 15) is 0 Å². The molecule has 0 spiro atoms. The van der Waals surface area contributed by atoms with Gasteiger partial charge in [-0.2, -0.15) is 36.4 Å². The molecule has 50 heavy (non-hydrogen) atoms. The molecule has 1 aliphatic carbocycles. The van der Waals surface area contributed by atoms with E-state index in [1.54, 1.807) is 0 Å². The first-order chi connectivity index (χ1) is 24.2. The van der Waals surface area contributed by atoms with E-state index in [0.717, 1.165) is 67.3 Å². The van der Waals surface area contributed by atoms with Crippen molar-refractivity contribution >= 4 is 21.9 Å². The van der Waals surface area contributed by atoms with Crippen molar-refractivity contribution in [2.24, 2.45) is 0 Å². The van der Waals surface area contributed by atoms with Crippen LogP contribution in [-0.4, -0.2) is 15.0 Å². The molecule has 5 heteroatoms. The summed E-state index contributed by atoms with van der Waals surface area (Å²) in [5.74, 6) is 2.17. The van der Waals surface area contributed by atoms with Gasteiger partial charge in [0.25, 0.3) is 0 Å². The predicted octanol–water partition coefficient (Wildman–Crippen LogP) is 11.3. The smallest absolute Gasteiger partial charge is 0.456 e. The first-order valence-corrected chi connectivity index (χ1v) is 16.5. The zero-order valence-corrected chi connectivity index (χ0v) is 31.2. The quantitative estimate of drug-likeness (QED) is 0.156. The van der Waals surface area contributed by atoms with E-state index in [-0.39, 0.29) is 31.1 Å². The number of hydrogen-bond donors (Lipinski definition) is 0. The van der Waals surface area contributed by atoms with Gasteiger partial charge in [0.2, 0.25) is 0 Å². The van der Waals surface area contributed by atoms with Crippen LogP contribution in [0.4, 0.5) is 0 Å². The minimum atomic E-state index is 0. The second kappa shape index (κ2) is 13.9. The molecule has 1 atom stereocenters. The third kappa shape index (κ3) is 6.27. The number of rotatable bonds is 6. The summed E-state index contributed by atoms with van der Waals surface area (Å²) in [6.45, 7) is 0. The van der Waals surface area contributed by atoms with Gasteiger partial charge in [0.15, 0.2) is 11.6 Å². The number of aromatic nitrogens is 3. The third-order valence-corrected chi connectivity index (χ3v) is 9.12. The number of hydrogen-bond acceptors (Lipinski definition) is 4. The molecule has 2 aromatic heterocycles. The average Bonchev–Trinajstić information content (AvgIpc) is 3.57. The van der Waals surface area contributed by atoms with E-state index < -0.39 is 0 Å². The minimum absolute atomic E-state index is 0. The Hall–Kier alpha value is -5.34. The molecule has 234 valence electrons. The molecule has 0 radical (unpaired) electrons. The largest absolute Gasteiger partial charge is 2.00 e. The summed E-state index contributed by atoms with van der Waals surface area (Å²) in [5.41, 5.74) is 9.80. The van der Waals surface area contributed by atoms with Crippen molar-refractivity contribution in [1.29, 1.82) is 0 Å². The summed E-state index contributed by atoms with van der Waals surface area (Å²) in [6, 6.07) is 52.2. The Kier molecular flexibility index (Phi) is 8.86. The summed E-state index contributed by atoms with van der Waals surface area (Å²) >= 11 is 0. The maximum atomic E-state index is 6.23. The summed E-state index contributed by atoms with van der Waals surface area (Å²) in [6.07, 6.45) is 9.77. The van der Waals surface area contributed by atoms with Crippen LogP contribution in [0, 0.1) is 43.2 Å². The van der Waals surface area contributed by atoms with Crippen LogP contribution in [-0.2, 0) is 0 Å². The topological polar surface area (TPSA) is 51.8 Å². The van der Waals surface area contributed by atoms with Gasteiger partial charge in [-0.3, -0.25) is 0 Å². The van der Waals surface area contributed by atoms with Crippen LogP contribution in [0.15, 0.2) is 162 Å². The normalized spacial score (nSPS) is 13.8. The number of nitrogens with zero attached hydrogens (tertiary/aromatic N) is 3. The molecule has 0 bridgehead atoms.